The van der Waals surface area contributed by atoms with Crippen molar-refractivity contribution in [3.8, 4) is 0 Å². The van der Waals surface area contributed by atoms with Crippen molar-refractivity contribution in [1.82, 2.24) is 10.6 Å². The van der Waals surface area contributed by atoms with Crippen molar-refractivity contribution in [1.29, 1.82) is 0 Å². The van der Waals surface area contributed by atoms with Gasteiger partial charge in [0.2, 0.25) is 0 Å². The highest BCUT2D eigenvalue weighted by atomic mass is 16.5. The van der Waals surface area contributed by atoms with Gasteiger partial charge in [-0.05, 0) is 36.4 Å². The number of carbonyl (C=O) groups excluding carboxylic acids is 3. The first-order valence-electron chi connectivity index (χ1n) is 9.99. The number of benzene rings is 2. The van der Waals surface area contributed by atoms with E-state index in [0.717, 1.165) is 11.4 Å². The monoisotopic (exact) mass is 426 g/mol. The molecule has 164 valence electrons. The third-order valence-corrected chi connectivity index (χ3v) is 4.85. The van der Waals surface area contributed by atoms with Gasteiger partial charge in [0.1, 0.15) is 6.61 Å². The maximum atomic E-state index is 12.4. The van der Waals surface area contributed by atoms with Crippen LogP contribution in [0.25, 0.3) is 0 Å². The van der Waals surface area contributed by atoms with Gasteiger partial charge in [0.25, 0.3) is 17.7 Å². The summed E-state index contributed by atoms with van der Waals surface area (Å²) in [7, 11) is 1.50. The van der Waals surface area contributed by atoms with Crippen molar-refractivity contribution >= 4 is 29.1 Å². The summed E-state index contributed by atoms with van der Waals surface area (Å²) in [6.45, 7) is 1.36. The van der Waals surface area contributed by atoms with Gasteiger partial charge < -0.3 is 30.7 Å². The summed E-state index contributed by atoms with van der Waals surface area (Å²) in [6, 6.07) is 13.8. The Labute approximate surface area is 180 Å². The molecule has 0 bridgehead atoms. The summed E-state index contributed by atoms with van der Waals surface area (Å²) >= 11 is 0. The molecular formula is C22H26N4O5. The molecule has 0 aliphatic carbocycles. The lowest BCUT2D eigenvalue weighted by molar-refractivity contribution is -0.125. The van der Waals surface area contributed by atoms with Gasteiger partial charge in [0.15, 0.2) is 0 Å². The Balaban J connectivity index is 1.48. The number of anilines is 2. The van der Waals surface area contributed by atoms with Gasteiger partial charge in [-0.25, -0.2) is 0 Å². The number of hydrogen-bond acceptors (Lipinski definition) is 6. The minimum absolute atomic E-state index is 0.0221. The van der Waals surface area contributed by atoms with Gasteiger partial charge in [-0.3, -0.25) is 14.4 Å². The second kappa shape index (κ2) is 10.6. The van der Waals surface area contributed by atoms with E-state index in [1.165, 1.54) is 7.05 Å². The normalized spacial score (nSPS) is 14.6. The number of nitrogens with one attached hydrogen (secondary N) is 3. The van der Waals surface area contributed by atoms with Crippen molar-refractivity contribution in [3.05, 3.63) is 59.7 Å². The molecular weight excluding hydrogens is 400 g/mol. The van der Waals surface area contributed by atoms with E-state index >= 15 is 0 Å². The molecule has 1 aliphatic heterocycles. The van der Waals surface area contributed by atoms with Crippen LogP contribution in [0, 0.1) is 0 Å². The molecule has 2 aromatic rings. The van der Waals surface area contributed by atoms with Crippen molar-refractivity contribution in [2.45, 2.75) is 6.10 Å². The minimum Gasteiger partial charge on any atom is -0.389 e. The van der Waals surface area contributed by atoms with Crippen LogP contribution in [0.3, 0.4) is 0 Å². The number of ether oxygens (including phenoxy) is 1. The Morgan fingerprint density at radius 3 is 2.39 bits per heavy atom. The number of amides is 3. The van der Waals surface area contributed by atoms with Gasteiger partial charge in [-0.15, -0.1) is 0 Å². The van der Waals surface area contributed by atoms with Crippen LogP contribution in [-0.2, 0) is 9.53 Å². The molecule has 0 unspecified atom stereocenters. The zero-order valence-electron chi connectivity index (χ0n) is 17.3. The topological polar surface area (TPSA) is 120 Å². The van der Waals surface area contributed by atoms with E-state index in [1.807, 2.05) is 24.3 Å². The Kier molecular flexibility index (Phi) is 7.58. The lowest BCUT2D eigenvalue weighted by Crippen LogP contribution is -2.41. The number of rotatable bonds is 8. The summed E-state index contributed by atoms with van der Waals surface area (Å²) in [5, 5.41) is 18.4. The first kappa shape index (κ1) is 22.3. The van der Waals surface area contributed by atoms with Crippen LogP contribution in [-0.4, -0.2) is 68.8 Å². The molecule has 31 heavy (non-hydrogen) atoms. The predicted molar refractivity (Wildman–Crippen MR) is 116 cm³/mol. The molecule has 3 rings (SSSR count). The van der Waals surface area contributed by atoms with E-state index in [4.69, 9.17) is 4.74 Å². The van der Waals surface area contributed by atoms with Crippen molar-refractivity contribution < 1.29 is 24.2 Å². The highest BCUT2D eigenvalue weighted by Gasteiger charge is 2.20. The van der Waals surface area contributed by atoms with E-state index in [0.29, 0.717) is 13.2 Å². The zero-order valence-corrected chi connectivity index (χ0v) is 17.3. The standard InChI is InChI=1S/C22H26N4O5/c1-23-21(29)18-4-2-3-5-19(18)22(30)25-13-17(27)12-24-15-6-8-16(9-7-15)26-10-11-31-14-20(26)28/h2-9,17,24,27H,10-14H2,1H3,(H,23,29)(H,25,30)/t17-/m1/s1. The summed E-state index contributed by atoms with van der Waals surface area (Å²) < 4.78 is 5.13. The summed E-state index contributed by atoms with van der Waals surface area (Å²) in [4.78, 5) is 37.9. The average molecular weight is 426 g/mol. The van der Waals surface area contributed by atoms with Crippen LogP contribution >= 0.6 is 0 Å². The van der Waals surface area contributed by atoms with Gasteiger partial charge in [0, 0.05) is 38.1 Å². The second-order valence-corrected chi connectivity index (χ2v) is 7.01. The van der Waals surface area contributed by atoms with Gasteiger partial charge in [-0.2, -0.15) is 0 Å². The van der Waals surface area contributed by atoms with E-state index in [-0.39, 0.29) is 42.6 Å². The van der Waals surface area contributed by atoms with E-state index in [1.54, 1.807) is 29.2 Å². The van der Waals surface area contributed by atoms with Crippen LogP contribution in [0.1, 0.15) is 20.7 Å². The van der Waals surface area contributed by atoms with E-state index in [9.17, 15) is 19.5 Å². The molecule has 2 aromatic carbocycles. The van der Waals surface area contributed by atoms with E-state index in [2.05, 4.69) is 16.0 Å². The number of nitrogens with zero attached hydrogens (tertiary/aromatic N) is 1. The average Bonchev–Trinajstić information content (AvgIpc) is 2.81. The number of carbonyl (C=O) groups is 3. The predicted octanol–water partition coefficient (Wildman–Crippen LogP) is 0.612. The largest absolute Gasteiger partial charge is 0.389 e. The smallest absolute Gasteiger partial charge is 0.253 e. The van der Waals surface area contributed by atoms with Crippen LogP contribution in [0.4, 0.5) is 11.4 Å². The molecule has 1 aliphatic rings. The minimum atomic E-state index is -0.836. The Morgan fingerprint density at radius 2 is 1.74 bits per heavy atom. The Hall–Kier alpha value is -3.43. The van der Waals surface area contributed by atoms with Crippen molar-refractivity contribution in [2.24, 2.45) is 0 Å². The molecule has 3 amide bonds. The maximum Gasteiger partial charge on any atom is 0.253 e. The highest BCUT2D eigenvalue weighted by molar-refractivity contribution is 6.07. The molecule has 1 saturated heterocycles. The molecule has 9 nitrogen and oxygen atoms in total. The lowest BCUT2D eigenvalue weighted by Gasteiger charge is -2.27. The zero-order chi connectivity index (χ0) is 22.2. The van der Waals surface area contributed by atoms with Crippen LogP contribution < -0.4 is 20.9 Å². The van der Waals surface area contributed by atoms with Crippen LogP contribution in [0.2, 0.25) is 0 Å². The lowest BCUT2D eigenvalue weighted by atomic mass is 10.1. The second-order valence-electron chi connectivity index (χ2n) is 7.01. The molecule has 0 aromatic heterocycles. The molecule has 0 radical (unpaired) electrons. The highest BCUT2D eigenvalue weighted by Crippen LogP contribution is 2.19. The quantitative estimate of drug-likeness (QED) is 0.491. The maximum absolute atomic E-state index is 12.4. The molecule has 0 spiro atoms. The summed E-state index contributed by atoms with van der Waals surface area (Å²) in [6.07, 6.45) is -0.836. The molecule has 1 fully saturated rings. The van der Waals surface area contributed by atoms with Crippen molar-refractivity contribution in [3.63, 3.8) is 0 Å². The fraction of sp³-hybridized carbons (Fsp3) is 0.318. The number of hydrogen-bond donors (Lipinski definition) is 4. The first-order chi connectivity index (χ1) is 15.0. The Morgan fingerprint density at radius 1 is 1.06 bits per heavy atom. The SMILES string of the molecule is CNC(=O)c1ccccc1C(=O)NC[C@H](O)CNc1ccc(N2CCOCC2=O)cc1. The molecule has 1 atom stereocenters. The molecule has 0 saturated carbocycles. The fourth-order valence-electron chi connectivity index (χ4n) is 3.18. The Bertz CT molecular complexity index is 932. The van der Waals surface area contributed by atoms with Crippen LogP contribution in [0.15, 0.2) is 48.5 Å². The summed E-state index contributed by atoms with van der Waals surface area (Å²) in [5.74, 6) is -0.857. The number of aliphatic hydroxyl groups is 1. The first-order valence-corrected chi connectivity index (χ1v) is 9.99. The third kappa shape index (κ3) is 5.80. The number of aliphatic hydroxyl groups excluding tert-OH is 1. The molecule has 4 N–H and O–H groups in total. The summed E-state index contributed by atoms with van der Waals surface area (Å²) in [5.41, 5.74) is 2.09. The van der Waals surface area contributed by atoms with Gasteiger partial charge in [0.05, 0.1) is 23.8 Å². The van der Waals surface area contributed by atoms with E-state index < -0.39 is 12.0 Å². The van der Waals surface area contributed by atoms with Gasteiger partial charge >= 0.3 is 0 Å². The fourth-order valence-corrected chi connectivity index (χ4v) is 3.18. The third-order valence-electron chi connectivity index (χ3n) is 4.85. The number of morpholine rings is 1. The van der Waals surface area contributed by atoms with Gasteiger partial charge in [-0.1, -0.05) is 12.1 Å². The molecule has 9 heteroatoms. The van der Waals surface area contributed by atoms with Crippen LogP contribution in [0.5, 0.6) is 0 Å². The molecule has 1 heterocycles. The van der Waals surface area contributed by atoms with Crippen molar-refractivity contribution in [2.75, 3.05) is 50.1 Å².